The van der Waals surface area contributed by atoms with Gasteiger partial charge in [0.15, 0.2) is 6.10 Å². The first kappa shape index (κ1) is 29.4. The van der Waals surface area contributed by atoms with E-state index in [-0.39, 0.29) is 0 Å². The summed E-state index contributed by atoms with van der Waals surface area (Å²) in [5, 5.41) is 17.8. The molecule has 30 heavy (non-hydrogen) atoms. The molecule has 0 aromatic rings. The average molecular weight is 427 g/mol. The Morgan fingerprint density at radius 2 is 0.733 bits per heavy atom. The average Bonchev–Trinajstić information content (AvgIpc) is 2.71. The summed E-state index contributed by atoms with van der Waals surface area (Å²) < 4.78 is 0. The van der Waals surface area contributed by atoms with Crippen molar-refractivity contribution in [3.8, 4) is 0 Å². The lowest BCUT2D eigenvalue weighted by molar-refractivity contribution is -0.146. The van der Waals surface area contributed by atoms with Crippen molar-refractivity contribution in [3.63, 3.8) is 0 Å². The fraction of sp³-hybridized carbons (Fsp3) is 0.963. The lowest BCUT2D eigenvalue weighted by atomic mass is 10.0. The Morgan fingerprint density at radius 3 is 0.967 bits per heavy atom. The highest BCUT2D eigenvalue weighted by molar-refractivity contribution is 5.71. The molecule has 0 aliphatic rings. The van der Waals surface area contributed by atoms with Crippen LogP contribution < -0.4 is 0 Å². The maximum absolute atomic E-state index is 10.5. The van der Waals surface area contributed by atoms with Crippen LogP contribution in [0.1, 0.15) is 155 Å². The minimum atomic E-state index is -1.17. The van der Waals surface area contributed by atoms with Crippen LogP contribution in [0.15, 0.2) is 0 Å². The predicted octanol–water partition coefficient (Wildman–Crippen LogP) is 8.67. The Kier molecular flexibility index (Phi) is 22.7. The molecule has 0 saturated carbocycles. The van der Waals surface area contributed by atoms with Crippen LogP contribution in [0.3, 0.4) is 0 Å². The highest BCUT2D eigenvalue weighted by Gasteiger charge is 2.11. The summed E-state index contributed by atoms with van der Waals surface area (Å²) >= 11 is 0. The van der Waals surface area contributed by atoms with Crippen molar-refractivity contribution in [2.24, 2.45) is 5.92 Å². The summed E-state index contributed by atoms with van der Waals surface area (Å²) in [4.78, 5) is 10.5. The minimum absolute atomic E-state index is 0.397. The van der Waals surface area contributed by atoms with Gasteiger partial charge in [-0.05, 0) is 12.3 Å². The van der Waals surface area contributed by atoms with Gasteiger partial charge in [0.2, 0.25) is 0 Å². The van der Waals surface area contributed by atoms with Gasteiger partial charge in [-0.25, -0.2) is 4.79 Å². The Labute approximate surface area is 188 Å². The number of rotatable bonds is 24. The largest absolute Gasteiger partial charge is 0.479 e. The Morgan fingerprint density at radius 1 is 0.500 bits per heavy atom. The SMILES string of the molecule is CC(C)CCCCCCCCCCCCCCCCCCCCCCC(O)C(=O)O. The number of hydrogen-bond acceptors (Lipinski definition) is 2. The van der Waals surface area contributed by atoms with E-state index in [2.05, 4.69) is 13.8 Å². The topological polar surface area (TPSA) is 57.5 Å². The first-order chi connectivity index (χ1) is 14.5. The third-order valence-corrected chi connectivity index (χ3v) is 6.29. The van der Waals surface area contributed by atoms with Gasteiger partial charge in [-0.3, -0.25) is 0 Å². The van der Waals surface area contributed by atoms with Gasteiger partial charge in [0.05, 0.1) is 0 Å². The quantitative estimate of drug-likeness (QED) is 0.152. The molecular formula is C27H54O3. The second-order valence-corrected chi connectivity index (χ2v) is 9.90. The van der Waals surface area contributed by atoms with Crippen LogP contribution in [-0.2, 0) is 4.79 Å². The fourth-order valence-corrected chi connectivity index (χ4v) is 4.20. The lowest BCUT2D eigenvalue weighted by Gasteiger charge is -2.05. The summed E-state index contributed by atoms with van der Waals surface area (Å²) in [6.07, 6.45) is 27.6. The predicted molar refractivity (Wildman–Crippen MR) is 130 cm³/mol. The molecule has 0 amide bonds. The van der Waals surface area contributed by atoms with E-state index in [9.17, 15) is 9.90 Å². The Hall–Kier alpha value is -0.570. The molecule has 0 fully saturated rings. The molecule has 0 heterocycles. The maximum Gasteiger partial charge on any atom is 0.332 e. The molecule has 1 unspecified atom stereocenters. The van der Waals surface area contributed by atoms with Crippen molar-refractivity contribution in [2.75, 3.05) is 0 Å². The molecule has 1 atom stereocenters. The number of aliphatic carboxylic acids is 1. The third kappa shape index (κ3) is 23.7. The number of carboxylic acids is 1. The van der Waals surface area contributed by atoms with Crippen LogP contribution in [0.5, 0.6) is 0 Å². The lowest BCUT2D eigenvalue weighted by Crippen LogP contribution is -2.18. The second-order valence-electron chi connectivity index (χ2n) is 9.90. The molecule has 0 saturated heterocycles. The van der Waals surface area contributed by atoms with Crippen molar-refractivity contribution >= 4 is 5.97 Å². The molecule has 2 N–H and O–H groups in total. The van der Waals surface area contributed by atoms with E-state index in [0.717, 1.165) is 18.8 Å². The van der Waals surface area contributed by atoms with Crippen LogP contribution in [0, 0.1) is 5.92 Å². The summed E-state index contributed by atoms with van der Waals surface area (Å²) in [5.41, 5.74) is 0. The summed E-state index contributed by atoms with van der Waals surface area (Å²) in [5.74, 6) is -0.213. The molecule has 3 nitrogen and oxygen atoms in total. The molecule has 0 aromatic heterocycles. The van der Waals surface area contributed by atoms with Gasteiger partial charge in [0, 0.05) is 0 Å². The molecule has 180 valence electrons. The standard InChI is InChI=1S/C27H54O3/c1-25(2)23-21-19-17-15-13-11-9-7-5-3-4-6-8-10-12-14-16-18-20-22-24-26(28)27(29)30/h25-26,28H,3-24H2,1-2H3,(H,29,30). The Balaban J connectivity index is 3.06. The van der Waals surface area contributed by atoms with Crippen LogP contribution in [0.2, 0.25) is 0 Å². The number of carboxylic acid groups (broad SMARTS) is 1. The Bertz CT molecular complexity index is 354. The summed E-state index contributed by atoms with van der Waals surface area (Å²) in [7, 11) is 0. The van der Waals surface area contributed by atoms with Gasteiger partial charge in [-0.1, -0.05) is 149 Å². The number of hydrogen-bond donors (Lipinski definition) is 2. The second kappa shape index (κ2) is 23.1. The van der Waals surface area contributed by atoms with E-state index < -0.39 is 12.1 Å². The maximum atomic E-state index is 10.5. The molecule has 0 spiro atoms. The van der Waals surface area contributed by atoms with E-state index in [1.54, 1.807) is 0 Å². The zero-order valence-electron chi connectivity index (χ0n) is 20.5. The van der Waals surface area contributed by atoms with Crippen LogP contribution in [-0.4, -0.2) is 22.3 Å². The molecule has 0 aliphatic carbocycles. The number of aliphatic hydroxyl groups is 1. The van der Waals surface area contributed by atoms with Crippen LogP contribution in [0.4, 0.5) is 0 Å². The van der Waals surface area contributed by atoms with Crippen LogP contribution in [0.25, 0.3) is 0 Å². The highest BCUT2D eigenvalue weighted by atomic mass is 16.4. The molecular weight excluding hydrogens is 372 g/mol. The first-order valence-corrected chi connectivity index (χ1v) is 13.4. The van der Waals surface area contributed by atoms with E-state index in [0.29, 0.717) is 6.42 Å². The van der Waals surface area contributed by atoms with Gasteiger partial charge in [-0.15, -0.1) is 0 Å². The smallest absolute Gasteiger partial charge is 0.332 e. The monoisotopic (exact) mass is 426 g/mol. The van der Waals surface area contributed by atoms with Crippen molar-refractivity contribution in [1.82, 2.24) is 0 Å². The molecule has 3 heteroatoms. The zero-order chi connectivity index (χ0) is 22.3. The van der Waals surface area contributed by atoms with Gasteiger partial charge in [-0.2, -0.15) is 0 Å². The number of unbranched alkanes of at least 4 members (excludes halogenated alkanes) is 19. The van der Waals surface area contributed by atoms with Crippen molar-refractivity contribution in [1.29, 1.82) is 0 Å². The molecule has 0 bridgehead atoms. The molecule has 0 aromatic carbocycles. The summed E-state index contributed by atoms with van der Waals surface area (Å²) in [6, 6.07) is 0. The number of aliphatic hydroxyl groups excluding tert-OH is 1. The molecule has 0 rings (SSSR count). The molecule has 0 aliphatic heterocycles. The zero-order valence-corrected chi connectivity index (χ0v) is 20.5. The van der Waals surface area contributed by atoms with Crippen molar-refractivity contribution in [3.05, 3.63) is 0 Å². The van der Waals surface area contributed by atoms with Gasteiger partial charge in [0.1, 0.15) is 0 Å². The number of carbonyl (C=O) groups is 1. The summed E-state index contributed by atoms with van der Waals surface area (Å²) in [6.45, 7) is 4.65. The van der Waals surface area contributed by atoms with E-state index in [1.807, 2.05) is 0 Å². The molecule has 0 radical (unpaired) electrons. The van der Waals surface area contributed by atoms with Gasteiger partial charge < -0.3 is 10.2 Å². The third-order valence-electron chi connectivity index (χ3n) is 6.29. The highest BCUT2D eigenvalue weighted by Crippen LogP contribution is 2.16. The van der Waals surface area contributed by atoms with Crippen molar-refractivity contribution < 1.29 is 15.0 Å². The van der Waals surface area contributed by atoms with Gasteiger partial charge >= 0.3 is 5.97 Å². The van der Waals surface area contributed by atoms with Crippen molar-refractivity contribution in [2.45, 2.75) is 161 Å². The van der Waals surface area contributed by atoms with Gasteiger partial charge in [0.25, 0.3) is 0 Å². The van der Waals surface area contributed by atoms with E-state index >= 15 is 0 Å². The normalized spacial score (nSPS) is 12.5. The van der Waals surface area contributed by atoms with E-state index in [4.69, 9.17) is 5.11 Å². The van der Waals surface area contributed by atoms with Crippen LogP contribution >= 0.6 is 0 Å². The minimum Gasteiger partial charge on any atom is -0.479 e. The fourth-order valence-electron chi connectivity index (χ4n) is 4.20. The first-order valence-electron chi connectivity index (χ1n) is 13.4. The van der Waals surface area contributed by atoms with E-state index in [1.165, 1.54) is 122 Å².